The molecule has 8 heteroatoms. The normalized spacial score (nSPS) is 18.5. The zero-order valence-corrected chi connectivity index (χ0v) is 13.9. The van der Waals surface area contributed by atoms with Crippen molar-refractivity contribution in [1.82, 2.24) is 15.0 Å². The highest BCUT2D eigenvalue weighted by molar-refractivity contribution is 5.88. The van der Waals surface area contributed by atoms with Crippen LogP contribution in [0.25, 0.3) is 11.4 Å². The highest BCUT2D eigenvalue weighted by atomic mass is 19.4. The van der Waals surface area contributed by atoms with E-state index in [4.69, 9.17) is 0 Å². The van der Waals surface area contributed by atoms with Gasteiger partial charge in [-0.3, -0.25) is 9.69 Å². The molecule has 1 aliphatic rings. The Morgan fingerprint density at radius 1 is 1.24 bits per heavy atom. The summed E-state index contributed by atoms with van der Waals surface area (Å²) >= 11 is 0. The van der Waals surface area contributed by atoms with Gasteiger partial charge < -0.3 is 4.52 Å². The molecule has 0 aliphatic carbocycles. The maximum atomic E-state index is 12.5. The molecule has 0 bridgehead atoms. The van der Waals surface area contributed by atoms with Gasteiger partial charge in [0, 0.05) is 18.5 Å². The number of carbonyl (C=O) groups is 1. The summed E-state index contributed by atoms with van der Waals surface area (Å²) in [5, 5.41) is 3.37. The molecule has 3 rings (SSSR count). The van der Waals surface area contributed by atoms with Crippen molar-refractivity contribution in [1.29, 1.82) is 0 Å². The van der Waals surface area contributed by atoms with Gasteiger partial charge in [0.2, 0.25) is 5.82 Å². The molecule has 1 aliphatic heterocycles. The smallest absolute Gasteiger partial charge is 0.329 e. The monoisotopic (exact) mass is 353 g/mol. The van der Waals surface area contributed by atoms with Crippen molar-refractivity contribution in [3.8, 4) is 11.4 Å². The van der Waals surface area contributed by atoms with Crippen LogP contribution in [0.4, 0.5) is 13.2 Å². The lowest BCUT2D eigenvalue weighted by Crippen LogP contribution is -2.53. The van der Waals surface area contributed by atoms with Crippen LogP contribution in [0.2, 0.25) is 0 Å². The van der Waals surface area contributed by atoms with Crippen molar-refractivity contribution >= 4 is 5.78 Å². The number of hydrogen-bond acceptors (Lipinski definition) is 5. The van der Waals surface area contributed by atoms with E-state index in [2.05, 4.69) is 19.6 Å². The molecule has 0 radical (unpaired) electrons. The Morgan fingerprint density at radius 3 is 2.52 bits per heavy atom. The van der Waals surface area contributed by atoms with Gasteiger partial charge in [-0.05, 0) is 32.4 Å². The summed E-state index contributed by atoms with van der Waals surface area (Å²) in [6, 6.07) is 6.90. The van der Waals surface area contributed by atoms with Crippen molar-refractivity contribution in [3.05, 3.63) is 35.7 Å². The molecule has 1 aromatic carbocycles. The molecule has 2 aromatic rings. The van der Waals surface area contributed by atoms with Crippen LogP contribution in [0.1, 0.15) is 38.1 Å². The fourth-order valence-corrected chi connectivity index (χ4v) is 2.90. The standard InChI is InChI=1S/C17H18F3N3O2/c1-16(2)13(24)4-3-9-23(16)10-11-5-7-12(8-6-11)14-21-15(25-22-14)17(18,19)20/h5-8H,3-4,9-10H2,1-2H3. The molecule has 5 nitrogen and oxygen atoms in total. The second kappa shape index (κ2) is 6.25. The lowest BCUT2D eigenvalue weighted by Gasteiger charge is -2.41. The van der Waals surface area contributed by atoms with Crippen molar-refractivity contribution < 1.29 is 22.5 Å². The molecule has 2 heterocycles. The zero-order chi connectivity index (χ0) is 18.2. The number of ketones is 1. The molecular weight excluding hydrogens is 335 g/mol. The Kier molecular flexibility index (Phi) is 4.40. The number of alkyl halides is 3. The molecule has 1 saturated heterocycles. The predicted octanol–water partition coefficient (Wildman–Crippen LogP) is 3.70. The SMILES string of the molecule is CC1(C)C(=O)CCCN1Cc1ccc(-c2noc(C(F)(F)F)n2)cc1. The minimum absolute atomic E-state index is 0.104. The summed E-state index contributed by atoms with van der Waals surface area (Å²) in [4.78, 5) is 17.6. The third kappa shape index (κ3) is 3.58. The average molecular weight is 353 g/mol. The number of hydrogen-bond donors (Lipinski definition) is 0. The number of piperidine rings is 1. The van der Waals surface area contributed by atoms with E-state index in [1.807, 2.05) is 13.8 Å². The molecule has 0 unspecified atom stereocenters. The first-order valence-corrected chi connectivity index (χ1v) is 7.96. The Labute approximate surface area is 142 Å². The summed E-state index contributed by atoms with van der Waals surface area (Å²) < 4.78 is 41.8. The number of halogens is 3. The quantitative estimate of drug-likeness (QED) is 0.842. The number of carbonyl (C=O) groups excluding carboxylic acids is 1. The average Bonchev–Trinajstić information content (AvgIpc) is 3.03. The molecule has 134 valence electrons. The van der Waals surface area contributed by atoms with Gasteiger partial charge in [-0.2, -0.15) is 18.2 Å². The third-order valence-corrected chi connectivity index (χ3v) is 4.56. The Hall–Kier alpha value is -2.22. The third-order valence-electron chi connectivity index (χ3n) is 4.56. The summed E-state index contributed by atoms with van der Waals surface area (Å²) in [6.45, 7) is 5.26. The molecule has 25 heavy (non-hydrogen) atoms. The number of likely N-dealkylation sites (tertiary alicyclic amines) is 1. The van der Waals surface area contributed by atoms with Crippen molar-refractivity contribution in [2.75, 3.05) is 6.54 Å². The predicted molar refractivity (Wildman–Crippen MR) is 83.5 cm³/mol. The highest BCUT2D eigenvalue weighted by Gasteiger charge is 2.39. The molecule has 1 fully saturated rings. The summed E-state index contributed by atoms with van der Waals surface area (Å²) in [5.74, 6) is -1.24. The second-order valence-electron chi connectivity index (χ2n) is 6.63. The van der Waals surface area contributed by atoms with E-state index in [1.54, 1.807) is 24.3 Å². The number of nitrogens with zero attached hydrogens (tertiary/aromatic N) is 3. The van der Waals surface area contributed by atoms with Gasteiger partial charge in [0.05, 0.1) is 5.54 Å². The van der Waals surface area contributed by atoms with Gasteiger partial charge in [0.1, 0.15) is 0 Å². The van der Waals surface area contributed by atoms with Gasteiger partial charge >= 0.3 is 12.1 Å². The van der Waals surface area contributed by atoms with E-state index in [9.17, 15) is 18.0 Å². The largest absolute Gasteiger partial charge is 0.471 e. The minimum Gasteiger partial charge on any atom is -0.329 e. The van der Waals surface area contributed by atoms with Crippen LogP contribution in [0.5, 0.6) is 0 Å². The first kappa shape index (κ1) is 17.6. The van der Waals surface area contributed by atoms with E-state index >= 15 is 0 Å². The van der Waals surface area contributed by atoms with E-state index in [-0.39, 0.29) is 11.6 Å². The lowest BCUT2D eigenvalue weighted by molar-refractivity contribution is -0.159. The van der Waals surface area contributed by atoms with E-state index < -0.39 is 17.6 Å². The number of benzene rings is 1. The van der Waals surface area contributed by atoms with E-state index in [0.717, 1.165) is 18.5 Å². The number of rotatable bonds is 3. The van der Waals surface area contributed by atoms with Crippen LogP contribution in [0.3, 0.4) is 0 Å². The molecule has 0 atom stereocenters. The molecule has 0 spiro atoms. The van der Waals surface area contributed by atoms with Gasteiger partial charge in [0.15, 0.2) is 5.78 Å². The first-order valence-electron chi connectivity index (χ1n) is 7.96. The number of Topliss-reactive ketones (excluding diaryl/α,β-unsaturated/α-hetero) is 1. The van der Waals surface area contributed by atoms with Gasteiger partial charge in [-0.25, -0.2) is 0 Å². The summed E-state index contributed by atoms with van der Waals surface area (Å²) in [6.07, 6.45) is -3.22. The van der Waals surface area contributed by atoms with Crippen molar-refractivity contribution in [3.63, 3.8) is 0 Å². The summed E-state index contributed by atoms with van der Waals surface area (Å²) in [5.41, 5.74) is 0.898. The zero-order valence-electron chi connectivity index (χ0n) is 13.9. The second-order valence-corrected chi connectivity index (χ2v) is 6.63. The number of aromatic nitrogens is 2. The Morgan fingerprint density at radius 2 is 1.92 bits per heavy atom. The van der Waals surface area contributed by atoms with Crippen LogP contribution >= 0.6 is 0 Å². The summed E-state index contributed by atoms with van der Waals surface area (Å²) in [7, 11) is 0. The van der Waals surface area contributed by atoms with Crippen LogP contribution in [0.15, 0.2) is 28.8 Å². The van der Waals surface area contributed by atoms with Gasteiger partial charge in [-0.15, -0.1) is 0 Å². The van der Waals surface area contributed by atoms with Gasteiger partial charge in [-0.1, -0.05) is 29.4 Å². The molecule has 0 saturated carbocycles. The Balaban J connectivity index is 1.74. The van der Waals surface area contributed by atoms with Gasteiger partial charge in [0.25, 0.3) is 0 Å². The van der Waals surface area contributed by atoms with Crippen molar-refractivity contribution in [2.45, 2.75) is 44.9 Å². The minimum atomic E-state index is -4.66. The topological polar surface area (TPSA) is 59.2 Å². The maximum Gasteiger partial charge on any atom is 0.471 e. The fourth-order valence-electron chi connectivity index (χ4n) is 2.90. The highest BCUT2D eigenvalue weighted by Crippen LogP contribution is 2.30. The van der Waals surface area contributed by atoms with Crippen LogP contribution in [-0.2, 0) is 17.5 Å². The van der Waals surface area contributed by atoms with Crippen molar-refractivity contribution in [2.24, 2.45) is 0 Å². The van der Waals surface area contributed by atoms with Crippen LogP contribution in [-0.4, -0.2) is 32.9 Å². The van der Waals surface area contributed by atoms with Crippen LogP contribution in [0, 0.1) is 0 Å². The Bertz CT molecular complexity index is 766. The van der Waals surface area contributed by atoms with E-state index in [1.165, 1.54) is 0 Å². The maximum absolute atomic E-state index is 12.5. The molecule has 0 amide bonds. The van der Waals surface area contributed by atoms with E-state index in [0.29, 0.717) is 18.5 Å². The molecule has 0 N–H and O–H groups in total. The molecular formula is C17H18F3N3O2. The lowest BCUT2D eigenvalue weighted by atomic mass is 9.88. The molecule has 1 aromatic heterocycles. The van der Waals surface area contributed by atoms with Crippen LogP contribution < -0.4 is 0 Å². The fraction of sp³-hybridized carbons (Fsp3) is 0.471. The first-order chi connectivity index (χ1) is 11.7.